The topological polar surface area (TPSA) is 54.4 Å². The van der Waals surface area contributed by atoms with E-state index in [2.05, 4.69) is 6.92 Å². The predicted molar refractivity (Wildman–Crippen MR) is 74.9 cm³/mol. The molecule has 1 unspecified atom stereocenters. The highest BCUT2D eigenvalue weighted by Crippen LogP contribution is 2.28. The van der Waals surface area contributed by atoms with Crippen LogP contribution in [0.5, 0.6) is 0 Å². The largest absolute Gasteiger partial charge is 0.481 e. The summed E-state index contributed by atoms with van der Waals surface area (Å²) in [5.41, 5.74) is 1.03. The normalized spacial score (nSPS) is 19.7. The summed E-state index contributed by atoms with van der Waals surface area (Å²) in [4.78, 5) is 22.1. The Balaban J connectivity index is 2.33. The Morgan fingerprint density at radius 3 is 2.94 bits per heavy atom. The first-order valence-electron chi connectivity index (χ1n) is 6.63. The lowest BCUT2D eigenvalue weighted by Gasteiger charge is -2.21. The van der Waals surface area contributed by atoms with Gasteiger partial charge in [-0.2, -0.15) is 11.8 Å². The Kier molecular flexibility index (Phi) is 7.09. The van der Waals surface area contributed by atoms with Gasteiger partial charge in [0.25, 0.3) is 0 Å². The quantitative estimate of drug-likeness (QED) is 0.688. The third kappa shape index (κ3) is 6.24. The van der Waals surface area contributed by atoms with Gasteiger partial charge in [-0.1, -0.05) is 12.5 Å². The van der Waals surface area contributed by atoms with Gasteiger partial charge in [-0.05, 0) is 49.2 Å². The van der Waals surface area contributed by atoms with Gasteiger partial charge in [-0.3, -0.25) is 9.59 Å². The number of thioether (sulfide) groups is 1. The minimum Gasteiger partial charge on any atom is -0.481 e. The molecule has 1 N–H and O–H groups in total. The number of carboxylic acids is 1. The van der Waals surface area contributed by atoms with Crippen molar-refractivity contribution >= 4 is 23.5 Å². The van der Waals surface area contributed by atoms with Crippen molar-refractivity contribution in [2.75, 3.05) is 11.5 Å². The fraction of sp³-hybridized carbons (Fsp3) is 0.714. The van der Waals surface area contributed by atoms with E-state index in [1.807, 2.05) is 11.8 Å². The maximum absolute atomic E-state index is 11.6. The van der Waals surface area contributed by atoms with Gasteiger partial charge in [0.1, 0.15) is 0 Å². The van der Waals surface area contributed by atoms with E-state index in [4.69, 9.17) is 5.11 Å². The molecule has 0 saturated heterocycles. The Labute approximate surface area is 113 Å². The summed E-state index contributed by atoms with van der Waals surface area (Å²) in [5.74, 6) is 2.13. The van der Waals surface area contributed by atoms with Crippen molar-refractivity contribution in [1.29, 1.82) is 0 Å². The van der Waals surface area contributed by atoms with Crippen LogP contribution in [0.3, 0.4) is 0 Å². The van der Waals surface area contributed by atoms with Crippen LogP contribution in [0.1, 0.15) is 45.4 Å². The zero-order chi connectivity index (χ0) is 13.4. The summed E-state index contributed by atoms with van der Waals surface area (Å²) in [6, 6.07) is 0. The fourth-order valence-electron chi connectivity index (χ4n) is 2.34. The molecule has 3 nitrogen and oxygen atoms in total. The minimum atomic E-state index is -0.787. The molecular formula is C14H22O3S. The molecule has 0 bridgehead atoms. The van der Waals surface area contributed by atoms with Crippen LogP contribution >= 0.6 is 11.8 Å². The van der Waals surface area contributed by atoms with E-state index in [1.54, 1.807) is 6.08 Å². The second-order valence-electron chi connectivity index (χ2n) is 4.78. The van der Waals surface area contributed by atoms with E-state index < -0.39 is 5.97 Å². The van der Waals surface area contributed by atoms with Gasteiger partial charge < -0.3 is 5.11 Å². The molecule has 1 aliphatic carbocycles. The van der Waals surface area contributed by atoms with Crippen molar-refractivity contribution in [3.63, 3.8) is 0 Å². The van der Waals surface area contributed by atoms with E-state index in [0.717, 1.165) is 36.3 Å². The summed E-state index contributed by atoms with van der Waals surface area (Å²) in [6.45, 7) is 2.15. The lowest BCUT2D eigenvalue weighted by atomic mass is 9.84. The van der Waals surface area contributed by atoms with E-state index in [0.29, 0.717) is 18.8 Å². The first-order chi connectivity index (χ1) is 8.61. The third-order valence-corrected chi connectivity index (χ3v) is 4.16. The number of carbonyl (C=O) groups excluding carboxylic acids is 1. The van der Waals surface area contributed by atoms with Gasteiger partial charge in [-0.15, -0.1) is 0 Å². The van der Waals surface area contributed by atoms with Crippen molar-refractivity contribution in [2.45, 2.75) is 45.4 Å². The van der Waals surface area contributed by atoms with Gasteiger partial charge in [0.15, 0.2) is 5.78 Å². The van der Waals surface area contributed by atoms with Crippen LogP contribution in [0.2, 0.25) is 0 Å². The second-order valence-corrected chi connectivity index (χ2v) is 6.17. The molecule has 0 radical (unpaired) electrons. The zero-order valence-corrected chi connectivity index (χ0v) is 11.8. The second kappa shape index (κ2) is 8.35. The Morgan fingerprint density at radius 2 is 2.28 bits per heavy atom. The van der Waals surface area contributed by atoms with Crippen LogP contribution in [0.25, 0.3) is 0 Å². The van der Waals surface area contributed by atoms with Crippen molar-refractivity contribution < 1.29 is 14.7 Å². The first-order valence-corrected chi connectivity index (χ1v) is 7.79. The Hall–Kier alpha value is -0.770. The molecule has 0 aromatic carbocycles. The molecule has 102 valence electrons. The average Bonchev–Trinajstić information content (AvgIpc) is 2.32. The number of carboxylic acid groups (broad SMARTS) is 1. The number of hydrogen-bond acceptors (Lipinski definition) is 3. The van der Waals surface area contributed by atoms with Crippen LogP contribution in [0, 0.1) is 5.92 Å². The van der Waals surface area contributed by atoms with Gasteiger partial charge in [0.2, 0.25) is 0 Å². The van der Waals surface area contributed by atoms with Gasteiger partial charge >= 0.3 is 5.97 Å². The smallest absolute Gasteiger partial charge is 0.303 e. The number of hydrogen-bond donors (Lipinski definition) is 1. The lowest BCUT2D eigenvalue weighted by Crippen LogP contribution is -2.15. The average molecular weight is 270 g/mol. The number of aliphatic carboxylic acids is 1. The molecule has 0 aliphatic heterocycles. The summed E-state index contributed by atoms with van der Waals surface area (Å²) in [5, 5.41) is 8.66. The summed E-state index contributed by atoms with van der Waals surface area (Å²) < 4.78 is 0. The molecule has 0 fully saturated rings. The van der Waals surface area contributed by atoms with Gasteiger partial charge in [-0.25, -0.2) is 0 Å². The van der Waals surface area contributed by atoms with Crippen LogP contribution in [0.4, 0.5) is 0 Å². The molecule has 1 rings (SSSR count). The SMILES string of the molecule is CCSCCCC1CC(=O)C=C(CCC(=O)O)C1. The monoisotopic (exact) mass is 270 g/mol. The maximum atomic E-state index is 11.6. The zero-order valence-electron chi connectivity index (χ0n) is 11.0. The van der Waals surface area contributed by atoms with E-state index >= 15 is 0 Å². The first kappa shape index (κ1) is 15.3. The molecule has 0 amide bonds. The number of rotatable bonds is 8. The van der Waals surface area contributed by atoms with E-state index in [-0.39, 0.29) is 12.2 Å². The standard InChI is InChI=1S/C14H22O3S/c1-2-18-7-3-4-11-8-12(5-6-14(16)17)10-13(15)9-11/h10-11H,2-9H2,1H3,(H,16,17). The van der Waals surface area contributed by atoms with Crippen LogP contribution in [-0.2, 0) is 9.59 Å². The number of carbonyl (C=O) groups is 2. The highest BCUT2D eigenvalue weighted by atomic mass is 32.2. The molecule has 4 heteroatoms. The van der Waals surface area contributed by atoms with Crippen LogP contribution < -0.4 is 0 Å². The fourth-order valence-corrected chi connectivity index (χ4v) is 3.00. The molecule has 1 atom stereocenters. The molecule has 0 saturated carbocycles. The van der Waals surface area contributed by atoms with Crippen molar-refractivity contribution in [3.8, 4) is 0 Å². The van der Waals surface area contributed by atoms with Crippen LogP contribution in [0.15, 0.2) is 11.6 Å². The third-order valence-electron chi connectivity index (χ3n) is 3.17. The molecular weight excluding hydrogens is 248 g/mol. The summed E-state index contributed by atoms with van der Waals surface area (Å²) in [6.07, 6.45) is 6.13. The summed E-state index contributed by atoms with van der Waals surface area (Å²) in [7, 11) is 0. The highest BCUT2D eigenvalue weighted by Gasteiger charge is 2.20. The lowest BCUT2D eigenvalue weighted by molar-refractivity contribution is -0.137. The minimum absolute atomic E-state index is 0.136. The highest BCUT2D eigenvalue weighted by molar-refractivity contribution is 7.99. The van der Waals surface area contributed by atoms with Gasteiger partial charge in [0.05, 0.1) is 0 Å². The predicted octanol–water partition coefficient (Wildman–Crippen LogP) is 3.29. The van der Waals surface area contributed by atoms with E-state index in [1.165, 1.54) is 0 Å². The van der Waals surface area contributed by atoms with Crippen molar-refractivity contribution in [2.24, 2.45) is 5.92 Å². The Bertz CT molecular complexity index is 323. The molecule has 0 spiro atoms. The van der Waals surface area contributed by atoms with Crippen LogP contribution in [-0.4, -0.2) is 28.4 Å². The molecule has 0 aromatic rings. The number of allylic oxidation sites excluding steroid dienone is 2. The molecule has 1 aliphatic rings. The molecule has 18 heavy (non-hydrogen) atoms. The Morgan fingerprint density at radius 1 is 1.50 bits per heavy atom. The summed E-state index contributed by atoms with van der Waals surface area (Å²) >= 11 is 1.94. The van der Waals surface area contributed by atoms with Crippen molar-refractivity contribution in [3.05, 3.63) is 11.6 Å². The van der Waals surface area contributed by atoms with E-state index in [9.17, 15) is 9.59 Å². The molecule has 0 aromatic heterocycles. The van der Waals surface area contributed by atoms with Crippen molar-refractivity contribution in [1.82, 2.24) is 0 Å². The molecule has 0 heterocycles. The maximum Gasteiger partial charge on any atom is 0.303 e. The number of ketones is 1. The van der Waals surface area contributed by atoms with Gasteiger partial charge in [0, 0.05) is 12.8 Å².